The van der Waals surface area contributed by atoms with Crippen molar-refractivity contribution < 1.29 is 33.8 Å². The minimum atomic E-state index is -4.31. The van der Waals surface area contributed by atoms with E-state index in [4.69, 9.17) is 20.0 Å². The number of nitrogens with zero attached hydrogens (tertiary/aromatic N) is 2. The van der Waals surface area contributed by atoms with Crippen molar-refractivity contribution in [2.75, 3.05) is 53.9 Å². The molecule has 0 aliphatic rings. The van der Waals surface area contributed by atoms with Gasteiger partial charge in [0.15, 0.2) is 0 Å². The highest BCUT2D eigenvalue weighted by Crippen LogP contribution is 2.39. The number of hydrogen-bond donors (Lipinski definition) is 5. The quantitative estimate of drug-likeness (QED) is 0.134. The number of nitrogens with one attached hydrogen (secondary N) is 1. The molecular weight excluding hydrogens is 421 g/mol. The zero-order chi connectivity index (χ0) is 24.3. The Bertz CT molecular complexity index is 482. The number of unbranched alkanes of at least 4 members (excludes halogenated alkanes) is 8. The summed E-state index contributed by atoms with van der Waals surface area (Å²) >= 11 is 0. The van der Waals surface area contributed by atoms with Crippen LogP contribution >= 0.6 is 7.60 Å². The molecule has 0 rings (SSSR count). The molecule has 0 aromatic heterocycles. The Hall–Kier alpha value is -0.700. The van der Waals surface area contributed by atoms with Gasteiger partial charge in [-0.25, -0.2) is 4.79 Å². The number of amides is 2. The minimum Gasteiger partial charge on any atom is -0.395 e. The highest BCUT2D eigenvalue weighted by Gasteiger charge is 2.31. The summed E-state index contributed by atoms with van der Waals surface area (Å²) in [6.45, 7) is 6.06. The van der Waals surface area contributed by atoms with E-state index in [9.17, 15) is 9.36 Å². The molecule has 1 unspecified atom stereocenters. The number of urea groups is 1. The molecule has 9 nitrogen and oxygen atoms in total. The number of rotatable bonds is 16. The van der Waals surface area contributed by atoms with Gasteiger partial charge in [-0.1, -0.05) is 58.3 Å². The van der Waals surface area contributed by atoms with E-state index in [0.29, 0.717) is 17.6 Å². The number of quaternary nitrogens is 1. The fourth-order valence-electron chi connectivity index (χ4n) is 2.91. The molecule has 0 bridgehead atoms. The highest BCUT2D eigenvalue weighted by molar-refractivity contribution is 7.52. The first kappa shape index (κ1) is 32.5. The maximum Gasteiger partial charge on any atom is 0.359 e. The minimum absolute atomic E-state index is 0.0363. The van der Waals surface area contributed by atoms with Crippen molar-refractivity contribution in [1.82, 2.24) is 10.2 Å². The molecule has 0 radical (unpaired) electrons. The summed E-state index contributed by atoms with van der Waals surface area (Å²) in [7, 11) is 0.933. The van der Waals surface area contributed by atoms with Crippen LogP contribution in [0.15, 0.2) is 0 Å². The van der Waals surface area contributed by atoms with Gasteiger partial charge >= 0.3 is 13.6 Å². The van der Waals surface area contributed by atoms with Gasteiger partial charge in [-0.3, -0.25) is 4.57 Å². The number of hydrogen-bond acceptors (Lipinski definition) is 4. The maximum absolute atomic E-state index is 11.7. The molecule has 188 valence electrons. The van der Waals surface area contributed by atoms with Gasteiger partial charge in [0.05, 0.1) is 27.7 Å². The topological polar surface area (TPSA) is 130 Å². The van der Waals surface area contributed by atoms with Crippen molar-refractivity contribution >= 4 is 13.6 Å². The van der Waals surface area contributed by atoms with Crippen molar-refractivity contribution in [3.8, 4) is 0 Å². The molecule has 10 heteroatoms. The van der Waals surface area contributed by atoms with Crippen LogP contribution in [0.2, 0.25) is 0 Å². The lowest BCUT2D eigenvalue weighted by molar-refractivity contribution is -0.872. The first-order chi connectivity index (χ1) is 14.4. The molecule has 0 fully saturated rings. The molecule has 0 aromatic rings. The van der Waals surface area contributed by atoms with Crippen LogP contribution < -0.4 is 5.32 Å². The van der Waals surface area contributed by atoms with Gasteiger partial charge in [0.2, 0.25) is 5.85 Å². The SMILES string of the molecule is CCCCCCCCCCCN(CCO)C(=O)NCC.C[N+](C)(C)CC(O)P(=O)(O)O. The Kier molecular flexibility index (Phi) is 19.7. The van der Waals surface area contributed by atoms with E-state index in [1.54, 1.807) is 26.0 Å². The van der Waals surface area contributed by atoms with Crippen LogP contribution in [0.5, 0.6) is 0 Å². The number of likely N-dealkylation sites (N-methyl/N-ethyl adjacent to an activating group) is 1. The Morgan fingerprint density at radius 2 is 1.42 bits per heavy atom. The van der Waals surface area contributed by atoms with Crippen LogP contribution in [-0.4, -0.2) is 95.2 Å². The van der Waals surface area contributed by atoms with E-state index in [0.717, 1.165) is 13.0 Å². The second-order valence-electron chi connectivity index (χ2n) is 8.92. The lowest BCUT2D eigenvalue weighted by Gasteiger charge is -2.26. The van der Waals surface area contributed by atoms with Crippen LogP contribution in [0.1, 0.15) is 71.6 Å². The average molecular weight is 471 g/mol. The van der Waals surface area contributed by atoms with E-state index in [2.05, 4.69) is 12.2 Å². The monoisotopic (exact) mass is 470 g/mol. The normalized spacial score (nSPS) is 12.7. The van der Waals surface area contributed by atoms with Crippen molar-refractivity contribution in [3.05, 3.63) is 0 Å². The molecule has 0 aliphatic heterocycles. The third kappa shape index (κ3) is 22.3. The van der Waals surface area contributed by atoms with Gasteiger partial charge in [-0.2, -0.15) is 0 Å². The first-order valence-corrected chi connectivity index (χ1v) is 13.2. The Morgan fingerprint density at radius 1 is 0.935 bits per heavy atom. The van der Waals surface area contributed by atoms with Gasteiger partial charge in [0.1, 0.15) is 6.54 Å². The third-order valence-corrected chi connectivity index (χ3v) is 5.56. The zero-order valence-corrected chi connectivity index (χ0v) is 21.3. The van der Waals surface area contributed by atoms with Crippen LogP contribution in [0.3, 0.4) is 0 Å². The molecule has 31 heavy (non-hydrogen) atoms. The van der Waals surface area contributed by atoms with E-state index >= 15 is 0 Å². The number of carbonyl (C=O) groups is 1. The van der Waals surface area contributed by atoms with Crippen molar-refractivity contribution in [1.29, 1.82) is 0 Å². The Balaban J connectivity index is 0. The second-order valence-corrected chi connectivity index (χ2v) is 10.7. The average Bonchev–Trinajstić information content (AvgIpc) is 2.64. The molecule has 0 aliphatic carbocycles. The number of aliphatic hydroxyl groups excluding tert-OH is 2. The predicted octanol–water partition coefficient (Wildman–Crippen LogP) is 2.73. The van der Waals surface area contributed by atoms with Crippen LogP contribution in [0.25, 0.3) is 0 Å². The summed E-state index contributed by atoms with van der Waals surface area (Å²) in [6.07, 6.45) is 11.5. The lowest BCUT2D eigenvalue weighted by Crippen LogP contribution is -2.41. The van der Waals surface area contributed by atoms with Gasteiger partial charge < -0.3 is 34.7 Å². The van der Waals surface area contributed by atoms with E-state index in [1.165, 1.54) is 51.4 Å². The van der Waals surface area contributed by atoms with Crippen LogP contribution in [0.4, 0.5) is 4.79 Å². The molecule has 0 saturated heterocycles. The summed E-state index contributed by atoms with van der Waals surface area (Å²) in [5.41, 5.74) is 0. The summed E-state index contributed by atoms with van der Waals surface area (Å²) in [5, 5.41) is 20.7. The third-order valence-electron chi connectivity index (χ3n) is 4.62. The van der Waals surface area contributed by atoms with Crippen LogP contribution in [-0.2, 0) is 4.57 Å². The summed E-state index contributed by atoms with van der Waals surface area (Å²) in [5.74, 6) is -1.55. The van der Waals surface area contributed by atoms with Crippen molar-refractivity contribution in [2.24, 2.45) is 0 Å². The lowest BCUT2D eigenvalue weighted by atomic mass is 10.1. The van der Waals surface area contributed by atoms with Gasteiger partial charge in [-0.05, 0) is 13.3 Å². The summed E-state index contributed by atoms with van der Waals surface area (Å²) < 4.78 is 10.8. The molecule has 1 atom stereocenters. The molecule has 0 heterocycles. The number of aliphatic hydroxyl groups is 2. The summed E-state index contributed by atoms with van der Waals surface area (Å²) in [6, 6.07) is -0.0545. The molecule has 0 saturated carbocycles. The zero-order valence-electron chi connectivity index (χ0n) is 20.4. The van der Waals surface area contributed by atoms with Crippen molar-refractivity contribution in [2.45, 2.75) is 77.5 Å². The van der Waals surface area contributed by atoms with Crippen LogP contribution in [0, 0.1) is 0 Å². The maximum atomic E-state index is 11.7. The van der Waals surface area contributed by atoms with E-state index in [1.807, 2.05) is 6.92 Å². The Labute approximate surface area is 189 Å². The molecule has 0 spiro atoms. The van der Waals surface area contributed by atoms with Gasteiger partial charge in [-0.15, -0.1) is 0 Å². The fourth-order valence-corrected chi connectivity index (χ4v) is 3.61. The predicted molar refractivity (Wildman–Crippen MR) is 126 cm³/mol. The smallest absolute Gasteiger partial charge is 0.359 e. The largest absolute Gasteiger partial charge is 0.395 e. The first-order valence-electron chi connectivity index (χ1n) is 11.6. The fraction of sp³-hybridized carbons (Fsp3) is 0.952. The summed E-state index contributed by atoms with van der Waals surface area (Å²) in [4.78, 5) is 30.4. The Morgan fingerprint density at radius 3 is 1.77 bits per heavy atom. The second kappa shape index (κ2) is 18.8. The van der Waals surface area contributed by atoms with Crippen molar-refractivity contribution in [3.63, 3.8) is 0 Å². The number of carbonyl (C=O) groups excluding carboxylic acids is 1. The van der Waals surface area contributed by atoms with Gasteiger partial charge in [0, 0.05) is 19.6 Å². The van der Waals surface area contributed by atoms with Gasteiger partial charge in [0.25, 0.3) is 0 Å². The molecule has 0 aromatic carbocycles. The molecule has 2 amide bonds. The standard InChI is InChI=1S/C16H34N2O2.C5H14NO4P/c1-3-5-6-7-8-9-10-11-12-13-18(14-15-19)16(20)17-4-2;1-6(2,3)4-5(7)11(8,9)10/h19H,3-15H2,1-2H3,(H,17,20);5,7H,4H2,1-3H3,(H-,8,9,10)/p+1. The highest BCUT2D eigenvalue weighted by atomic mass is 31.2. The van der Waals surface area contributed by atoms with E-state index < -0.39 is 13.4 Å². The molecular formula is C21H49N3O6P+. The van der Waals surface area contributed by atoms with E-state index in [-0.39, 0.29) is 19.2 Å². The molecule has 5 N–H and O–H groups in total.